The first-order valence-corrected chi connectivity index (χ1v) is 7.42. The summed E-state index contributed by atoms with van der Waals surface area (Å²) in [6.07, 6.45) is 6.21. The number of ether oxygens (including phenoxy) is 1. The highest BCUT2D eigenvalue weighted by molar-refractivity contribution is 7.09. The van der Waals surface area contributed by atoms with Crippen molar-refractivity contribution in [3.8, 4) is 0 Å². The lowest BCUT2D eigenvalue weighted by Crippen LogP contribution is -2.50. The second-order valence-corrected chi connectivity index (χ2v) is 6.28. The van der Waals surface area contributed by atoms with Gasteiger partial charge in [-0.3, -0.25) is 0 Å². The second-order valence-electron chi connectivity index (χ2n) is 5.34. The molecular formula is C13H20N2OS. The van der Waals surface area contributed by atoms with E-state index in [1.165, 1.54) is 30.7 Å². The van der Waals surface area contributed by atoms with Crippen molar-refractivity contribution in [2.75, 3.05) is 6.61 Å². The van der Waals surface area contributed by atoms with Crippen LogP contribution in [0.2, 0.25) is 0 Å². The van der Waals surface area contributed by atoms with Crippen LogP contribution in [0.5, 0.6) is 0 Å². The standard InChI is InChI=1S/C13H20N2OS/c1-10-9-17-12(15-10)8-14-11-3-6-16-13(7-11)4-2-5-13/h9,11,14H,2-8H2,1H3. The van der Waals surface area contributed by atoms with Gasteiger partial charge in [0.1, 0.15) is 5.01 Å². The lowest BCUT2D eigenvalue weighted by atomic mass is 9.74. The van der Waals surface area contributed by atoms with Crippen molar-refractivity contribution in [1.29, 1.82) is 0 Å². The number of aryl methyl sites for hydroxylation is 1. The molecule has 0 amide bonds. The number of nitrogens with zero attached hydrogens (tertiary/aromatic N) is 1. The van der Waals surface area contributed by atoms with Crippen LogP contribution in [0.3, 0.4) is 0 Å². The third-order valence-electron chi connectivity index (χ3n) is 3.97. The number of hydrogen-bond acceptors (Lipinski definition) is 4. The zero-order valence-electron chi connectivity index (χ0n) is 10.4. The SMILES string of the molecule is Cc1csc(CNC2CCOC3(CCC3)C2)n1. The highest BCUT2D eigenvalue weighted by atomic mass is 32.1. The zero-order chi connectivity index (χ0) is 11.7. The van der Waals surface area contributed by atoms with Gasteiger partial charge in [0.15, 0.2) is 0 Å². The molecule has 1 atom stereocenters. The minimum atomic E-state index is 0.245. The molecule has 1 saturated carbocycles. The average Bonchev–Trinajstić information content (AvgIpc) is 2.71. The first kappa shape index (κ1) is 11.6. The van der Waals surface area contributed by atoms with Crippen LogP contribution in [0.15, 0.2) is 5.38 Å². The molecule has 2 heterocycles. The van der Waals surface area contributed by atoms with E-state index >= 15 is 0 Å². The Kier molecular flexibility index (Phi) is 3.19. The van der Waals surface area contributed by atoms with Crippen molar-refractivity contribution < 1.29 is 4.74 Å². The fraction of sp³-hybridized carbons (Fsp3) is 0.769. The van der Waals surface area contributed by atoms with Gasteiger partial charge in [0.25, 0.3) is 0 Å². The van der Waals surface area contributed by atoms with Crippen molar-refractivity contribution in [2.24, 2.45) is 0 Å². The normalized spacial score (nSPS) is 27.0. The van der Waals surface area contributed by atoms with Crippen LogP contribution in [0.1, 0.15) is 42.8 Å². The molecule has 94 valence electrons. The van der Waals surface area contributed by atoms with E-state index in [4.69, 9.17) is 4.74 Å². The number of aromatic nitrogens is 1. The van der Waals surface area contributed by atoms with Gasteiger partial charge in [-0.05, 0) is 39.0 Å². The van der Waals surface area contributed by atoms with Gasteiger partial charge in [0, 0.05) is 30.3 Å². The van der Waals surface area contributed by atoms with Gasteiger partial charge in [0.05, 0.1) is 5.60 Å². The van der Waals surface area contributed by atoms with Crippen LogP contribution in [0.25, 0.3) is 0 Å². The Bertz CT molecular complexity index is 387. The first-order valence-electron chi connectivity index (χ1n) is 6.54. The van der Waals surface area contributed by atoms with Gasteiger partial charge >= 0.3 is 0 Å². The molecule has 2 aliphatic rings. The van der Waals surface area contributed by atoms with Gasteiger partial charge in [-0.1, -0.05) is 0 Å². The molecule has 1 aromatic heterocycles. The quantitative estimate of drug-likeness (QED) is 0.898. The van der Waals surface area contributed by atoms with Crippen molar-refractivity contribution in [1.82, 2.24) is 10.3 Å². The summed E-state index contributed by atoms with van der Waals surface area (Å²) in [4.78, 5) is 4.49. The molecule has 1 N–H and O–H groups in total. The predicted molar refractivity (Wildman–Crippen MR) is 69.2 cm³/mol. The number of thiazole rings is 1. The molecule has 1 spiro atoms. The largest absolute Gasteiger partial charge is 0.375 e. The minimum Gasteiger partial charge on any atom is -0.375 e. The Morgan fingerprint density at radius 1 is 1.59 bits per heavy atom. The summed E-state index contributed by atoms with van der Waals surface area (Å²) in [5.74, 6) is 0. The highest BCUT2D eigenvalue weighted by Gasteiger charge is 2.42. The molecule has 1 aliphatic carbocycles. The molecule has 1 aliphatic heterocycles. The van der Waals surface area contributed by atoms with E-state index in [1.807, 2.05) is 0 Å². The molecule has 0 bridgehead atoms. The fourth-order valence-electron chi connectivity index (χ4n) is 2.84. The van der Waals surface area contributed by atoms with E-state index in [0.717, 1.165) is 25.3 Å². The summed E-state index contributed by atoms with van der Waals surface area (Å²) >= 11 is 1.75. The Balaban J connectivity index is 1.51. The second kappa shape index (κ2) is 4.67. The van der Waals surface area contributed by atoms with Crippen molar-refractivity contribution in [3.05, 3.63) is 16.1 Å². The van der Waals surface area contributed by atoms with Crippen LogP contribution in [0.4, 0.5) is 0 Å². The van der Waals surface area contributed by atoms with Gasteiger partial charge in [-0.2, -0.15) is 0 Å². The Morgan fingerprint density at radius 3 is 3.12 bits per heavy atom. The number of nitrogens with one attached hydrogen (secondary N) is 1. The van der Waals surface area contributed by atoms with Gasteiger partial charge in [0.2, 0.25) is 0 Å². The van der Waals surface area contributed by atoms with Gasteiger partial charge in [-0.15, -0.1) is 11.3 Å². The van der Waals surface area contributed by atoms with Gasteiger partial charge < -0.3 is 10.1 Å². The zero-order valence-corrected chi connectivity index (χ0v) is 11.2. The summed E-state index contributed by atoms with van der Waals surface area (Å²) in [5.41, 5.74) is 1.38. The van der Waals surface area contributed by atoms with Crippen LogP contribution in [-0.2, 0) is 11.3 Å². The molecular weight excluding hydrogens is 232 g/mol. The molecule has 1 saturated heterocycles. The van der Waals surface area contributed by atoms with E-state index < -0.39 is 0 Å². The maximum Gasteiger partial charge on any atom is 0.107 e. The topological polar surface area (TPSA) is 34.1 Å². The van der Waals surface area contributed by atoms with E-state index in [9.17, 15) is 0 Å². The Hall–Kier alpha value is -0.450. The molecule has 3 nitrogen and oxygen atoms in total. The third-order valence-corrected chi connectivity index (χ3v) is 4.93. The van der Waals surface area contributed by atoms with Gasteiger partial charge in [-0.25, -0.2) is 4.98 Å². The van der Waals surface area contributed by atoms with E-state index in [0.29, 0.717) is 6.04 Å². The monoisotopic (exact) mass is 252 g/mol. The maximum absolute atomic E-state index is 5.93. The van der Waals surface area contributed by atoms with Crippen molar-refractivity contribution in [2.45, 2.75) is 57.2 Å². The molecule has 1 unspecified atom stereocenters. The summed E-state index contributed by atoms with van der Waals surface area (Å²) in [6.45, 7) is 3.89. The first-order chi connectivity index (χ1) is 8.26. The smallest absolute Gasteiger partial charge is 0.107 e. The molecule has 4 heteroatoms. The maximum atomic E-state index is 5.93. The van der Waals surface area contributed by atoms with Crippen LogP contribution >= 0.6 is 11.3 Å². The number of hydrogen-bond donors (Lipinski definition) is 1. The van der Waals surface area contributed by atoms with E-state index in [1.54, 1.807) is 11.3 Å². The molecule has 1 aromatic rings. The molecule has 17 heavy (non-hydrogen) atoms. The van der Waals surface area contributed by atoms with Crippen LogP contribution in [0, 0.1) is 6.92 Å². The van der Waals surface area contributed by atoms with Crippen LogP contribution in [-0.4, -0.2) is 23.2 Å². The summed E-state index contributed by atoms with van der Waals surface area (Å²) in [6, 6.07) is 0.619. The van der Waals surface area contributed by atoms with E-state index in [-0.39, 0.29) is 5.60 Å². The predicted octanol–water partition coefficient (Wildman–Crippen LogP) is 2.64. The average molecular weight is 252 g/mol. The summed E-state index contributed by atoms with van der Waals surface area (Å²) in [7, 11) is 0. The Morgan fingerprint density at radius 2 is 2.47 bits per heavy atom. The molecule has 2 fully saturated rings. The Labute approximate surface area is 107 Å². The third kappa shape index (κ3) is 2.54. The summed E-state index contributed by atoms with van der Waals surface area (Å²) in [5, 5.41) is 6.97. The van der Waals surface area contributed by atoms with E-state index in [2.05, 4.69) is 22.6 Å². The lowest BCUT2D eigenvalue weighted by Gasteiger charge is -2.47. The lowest BCUT2D eigenvalue weighted by molar-refractivity contribution is -0.135. The summed E-state index contributed by atoms with van der Waals surface area (Å²) < 4.78 is 5.93. The molecule has 0 aromatic carbocycles. The van der Waals surface area contributed by atoms with Crippen LogP contribution < -0.4 is 5.32 Å². The number of rotatable bonds is 3. The highest BCUT2D eigenvalue weighted by Crippen LogP contribution is 2.42. The molecule has 3 rings (SSSR count). The molecule has 0 radical (unpaired) electrons. The minimum absolute atomic E-state index is 0.245. The van der Waals surface area contributed by atoms with Crippen molar-refractivity contribution in [3.63, 3.8) is 0 Å². The van der Waals surface area contributed by atoms with Crippen molar-refractivity contribution >= 4 is 11.3 Å². The fourth-order valence-corrected chi connectivity index (χ4v) is 3.56.